The molecule has 30 heavy (non-hydrogen) atoms. The van der Waals surface area contributed by atoms with Crippen molar-refractivity contribution in [1.29, 1.82) is 0 Å². The van der Waals surface area contributed by atoms with Crippen LogP contribution in [0.2, 0.25) is 5.02 Å². The third kappa shape index (κ3) is 3.78. The minimum atomic E-state index is -0.928. The van der Waals surface area contributed by atoms with E-state index in [1.54, 1.807) is 24.3 Å². The van der Waals surface area contributed by atoms with Crippen molar-refractivity contribution in [1.82, 2.24) is 10.3 Å². The number of hydrogen-bond acceptors (Lipinski definition) is 6. The first-order chi connectivity index (χ1) is 14.3. The third-order valence-corrected chi connectivity index (χ3v) is 5.28. The Kier molecular flexibility index (Phi) is 5.26. The van der Waals surface area contributed by atoms with Gasteiger partial charge in [0.05, 0.1) is 5.69 Å². The summed E-state index contributed by atoms with van der Waals surface area (Å²) in [5.74, 6) is -1.18. The van der Waals surface area contributed by atoms with Crippen molar-refractivity contribution in [2.24, 2.45) is 10.3 Å². The van der Waals surface area contributed by atoms with Crippen LogP contribution in [0.3, 0.4) is 0 Å². The maximum Gasteiger partial charge on any atom is 0.263 e. The molecule has 0 spiro atoms. The van der Waals surface area contributed by atoms with Crippen LogP contribution in [0.1, 0.15) is 16.7 Å². The molecule has 2 aromatic carbocycles. The molecule has 0 aromatic heterocycles. The number of carbonyl (C=O) groups excluding carboxylic acids is 3. The van der Waals surface area contributed by atoms with E-state index in [1.165, 1.54) is 5.01 Å². The molecule has 0 bridgehead atoms. The van der Waals surface area contributed by atoms with E-state index in [4.69, 9.17) is 11.6 Å². The van der Waals surface area contributed by atoms with E-state index >= 15 is 0 Å². The number of aryl methyl sites for hydroxylation is 2. The van der Waals surface area contributed by atoms with Crippen LogP contribution in [0, 0.1) is 13.8 Å². The molecule has 1 fully saturated rings. The Morgan fingerprint density at radius 2 is 1.73 bits per heavy atom. The maximum atomic E-state index is 13.0. The number of benzene rings is 2. The molecular weight excluding hydrogens is 406 g/mol. The van der Waals surface area contributed by atoms with Crippen LogP contribution in [0.5, 0.6) is 0 Å². The van der Waals surface area contributed by atoms with Crippen LogP contribution in [0.15, 0.2) is 52.8 Å². The molecule has 9 heteroatoms. The van der Waals surface area contributed by atoms with Gasteiger partial charge in [-0.2, -0.15) is 5.11 Å². The lowest BCUT2D eigenvalue weighted by molar-refractivity contribution is -0.125. The van der Waals surface area contributed by atoms with Gasteiger partial charge in [-0.05, 0) is 54.8 Å². The lowest BCUT2D eigenvalue weighted by atomic mass is 10.1. The molecule has 0 radical (unpaired) electrons. The third-order valence-electron chi connectivity index (χ3n) is 5.03. The second-order valence-electron chi connectivity index (χ2n) is 7.45. The van der Waals surface area contributed by atoms with E-state index in [2.05, 4.69) is 15.7 Å². The number of imide groups is 1. The van der Waals surface area contributed by atoms with Gasteiger partial charge in [-0.25, -0.2) is 4.90 Å². The lowest BCUT2D eigenvalue weighted by Crippen LogP contribution is -2.44. The SMILES string of the molecule is Cc1cc(C)cc(N2C(=O)[C@@H]3[C@@H](N=NN3CC(=O)NCc3ccc(Cl)cc3)C2=O)c1. The summed E-state index contributed by atoms with van der Waals surface area (Å²) in [5.41, 5.74) is 3.30. The monoisotopic (exact) mass is 425 g/mol. The molecule has 2 heterocycles. The van der Waals surface area contributed by atoms with Crippen molar-refractivity contribution < 1.29 is 14.4 Å². The summed E-state index contributed by atoms with van der Waals surface area (Å²) in [5, 5.41) is 12.5. The Morgan fingerprint density at radius 1 is 1.07 bits per heavy atom. The van der Waals surface area contributed by atoms with Crippen LogP contribution in [0.4, 0.5) is 5.69 Å². The molecular formula is C21H20ClN5O3. The van der Waals surface area contributed by atoms with Crippen molar-refractivity contribution in [2.45, 2.75) is 32.5 Å². The Bertz CT molecular complexity index is 1030. The molecule has 4 rings (SSSR count). The van der Waals surface area contributed by atoms with Gasteiger partial charge in [0.1, 0.15) is 6.54 Å². The quantitative estimate of drug-likeness (QED) is 0.745. The molecule has 2 aromatic rings. The van der Waals surface area contributed by atoms with Crippen LogP contribution in [0.25, 0.3) is 0 Å². The normalized spacial score (nSPS) is 20.1. The van der Waals surface area contributed by atoms with Crippen molar-refractivity contribution in [3.8, 4) is 0 Å². The van der Waals surface area contributed by atoms with Gasteiger partial charge in [-0.15, -0.1) is 0 Å². The summed E-state index contributed by atoms with van der Waals surface area (Å²) >= 11 is 5.86. The largest absolute Gasteiger partial charge is 0.350 e. The first-order valence-corrected chi connectivity index (χ1v) is 9.86. The second kappa shape index (κ2) is 7.87. The smallest absolute Gasteiger partial charge is 0.263 e. The molecule has 0 aliphatic carbocycles. The van der Waals surface area contributed by atoms with Gasteiger partial charge >= 0.3 is 0 Å². The fourth-order valence-electron chi connectivity index (χ4n) is 3.69. The number of halogens is 1. The molecule has 8 nitrogen and oxygen atoms in total. The molecule has 1 N–H and O–H groups in total. The fourth-order valence-corrected chi connectivity index (χ4v) is 3.82. The number of rotatable bonds is 5. The molecule has 154 valence electrons. The summed E-state index contributed by atoms with van der Waals surface area (Å²) < 4.78 is 0. The predicted molar refractivity (Wildman–Crippen MR) is 111 cm³/mol. The van der Waals surface area contributed by atoms with Crippen LogP contribution < -0.4 is 10.2 Å². The number of amides is 3. The zero-order valence-electron chi connectivity index (χ0n) is 16.5. The summed E-state index contributed by atoms with van der Waals surface area (Å²) in [6.45, 7) is 3.95. The summed E-state index contributed by atoms with van der Waals surface area (Å²) in [4.78, 5) is 39.3. The highest BCUT2D eigenvalue weighted by atomic mass is 35.5. The maximum absolute atomic E-state index is 13.0. The van der Waals surface area contributed by atoms with E-state index in [0.717, 1.165) is 21.6 Å². The summed E-state index contributed by atoms with van der Waals surface area (Å²) in [7, 11) is 0. The molecule has 1 saturated heterocycles. The van der Waals surface area contributed by atoms with Gasteiger partial charge in [-0.3, -0.25) is 19.4 Å². The van der Waals surface area contributed by atoms with Crippen molar-refractivity contribution >= 4 is 35.0 Å². The first-order valence-electron chi connectivity index (χ1n) is 9.48. The Balaban J connectivity index is 1.44. The van der Waals surface area contributed by atoms with Gasteiger partial charge in [0.15, 0.2) is 12.1 Å². The van der Waals surface area contributed by atoms with E-state index in [-0.39, 0.29) is 12.5 Å². The fraction of sp³-hybridized carbons (Fsp3) is 0.286. The summed E-state index contributed by atoms with van der Waals surface area (Å²) in [6, 6.07) is 10.8. The highest BCUT2D eigenvalue weighted by molar-refractivity contribution is 6.30. The van der Waals surface area contributed by atoms with Crippen molar-refractivity contribution in [3.63, 3.8) is 0 Å². The van der Waals surface area contributed by atoms with Crippen molar-refractivity contribution in [3.05, 3.63) is 64.2 Å². The first kappa shape index (κ1) is 20.0. The zero-order valence-corrected chi connectivity index (χ0v) is 17.3. The standard InChI is InChI=1S/C21H20ClN5O3/c1-12-7-13(2)9-16(8-12)27-20(29)18-19(21(27)30)26(25-24-18)11-17(28)23-10-14-3-5-15(22)6-4-14/h3-9,18-19H,10-11H2,1-2H3,(H,23,28)/t18-,19+/m1/s1. The van der Waals surface area contributed by atoms with Crippen LogP contribution >= 0.6 is 11.6 Å². The molecule has 2 aliphatic heterocycles. The molecule has 0 unspecified atom stereocenters. The topological polar surface area (TPSA) is 94.4 Å². The Hall–Kier alpha value is -3.26. The minimum Gasteiger partial charge on any atom is -0.350 e. The van der Waals surface area contributed by atoms with Gasteiger partial charge in [-0.1, -0.05) is 35.0 Å². The Morgan fingerprint density at radius 3 is 2.40 bits per heavy atom. The average Bonchev–Trinajstić information content (AvgIpc) is 3.20. The number of nitrogens with one attached hydrogen (secondary N) is 1. The van der Waals surface area contributed by atoms with Crippen molar-refractivity contribution in [2.75, 3.05) is 11.4 Å². The highest BCUT2D eigenvalue weighted by Crippen LogP contribution is 2.32. The summed E-state index contributed by atoms with van der Waals surface area (Å²) in [6.07, 6.45) is 0. The second-order valence-corrected chi connectivity index (χ2v) is 7.89. The zero-order chi connectivity index (χ0) is 21.4. The predicted octanol–water partition coefficient (Wildman–Crippen LogP) is 2.57. The molecule has 2 aliphatic rings. The van der Waals surface area contributed by atoms with Gasteiger partial charge < -0.3 is 5.32 Å². The van der Waals surface area contributed by atoms with E-state index in [9.17, 15) is 14.4 Å². The Labute approximate surface area is 178 Å². The number of fused-ring (bicyclic) bond motifs is 1. The number of nitrogens with zero attached hydrogens (tertiary/aromatic N) is 4. The van der Waals surface area contributed by atoms with E-state index in [1.807, 2.05) is 32.0 Å². The number of carbonyl (C=O) groups is 3. The van der Waals surface area contributed by atoms with Crippen LogP contribution in [-0.4, -0.2) is 41.4 Å². The van der Waals surface area contributed by atoms with E-state index in [0.29, 0.717) is 17.3 Å². The van der Waals surface area contributed by atoms with Gasteiger partial charge in [0.25, 0.3) is 11.8 Å². The van der Waals surface area contributed by atoms with Crippen LogP contribution in [-0.2, 0) is 20.9 Å². The minimum absolute atomic E-state index is 0.169. The lowest BCUT2D eigenvalue weighted by Gasteiger charge is -2.20. The number of anilines is 1. The van der Waals surface area contributed by atoms with Gasteiger partial charge in [0, 0.05) is 11.6 Å². The van der Waals surface area contributed by atoms with E-state index < -0.39 is 23.9 Å². The highest BCUT2D eigenvalue weighted by Gasteiger charge is 2.55. The number of hydrogen-bond donors (Lipinski definition) is 1. The van der Waals surface area contributed by atoms with Gasteiger partial charge in [0.2, 0.25) is 5.91 Å². The molecule has 0 saturated carbocycles. The average molecular weight is 426 g/mol. The molecule has 3 amide bonds. The molecule has 2 atom stereocenters.